The van der Waals surface area contributed by atoms with Crippen LogP contribution >= 0.6 is 11.8 Å². The fourth-order valence-corrected chi connectivity index (χ4v) is 5.04. The van der Waals surface area contributed by atoms with E-state index in [0.717, 1.165) is 21.2 Å². The molecule has 0 bridgehead atoms. The molecule has 40 heavy (non-hydrogen) atoms. The number of anilines is 1. The molecule has 5 aromatic rings. The summed E-state index contributed by atoms with van der Waals surface area (Å²) in [6, 6.07) is 38.9. The second-order valence-corrected chi connectivity index (χ2v) is 10.1. The molecule has 0 atom stereocenters. The molecule has 5 rings (SSSR count). The summed E-state index contributed by atoms with van der Waals surface area (Å²) >= 11 is 1.40. The molecule has 0 saturated carbocycles. The van der Waals surface area contributed by atoms with E-state index < -0.39 is 5.91 Å². The third kappa shape index (κ3) is 6.73. The topological polar surface area (TPSA) is 75.3 Å². The number of ketones is 1. The van der Waals surface area contributed by atoms with Crippen LogP contribution in [-0.2, 0) is 4.79 Å². The first-order chi connectivity index (χ1) is 19.6. The monoisotopic (exact) mass is 542 g/mol. The van der Waals surface area contributed by atoms with Crippen molar-refractivity contribution in [2.45, 2.75) is 4.90 Å². The Labute approximate surface area is 236 Å². The third-order valence-corrected chi connectivity index (χ3v) is 7.20. The Morgan fingerprint density at radius 3 is 2.10 bits per heavy atom. The van der Waals surface area contributed by atoms with Crippen LogP contribution in [0.15, 0.2) is 138 Å². The van der Waals surface area contributed by atoms with Crippen LogP contribution in [0.1, 0.15) is 26.3 Å². The molecule has 0 aliphatic carbocycles. The van der Waals surface area contributed by atoms with Gasteiger partial charge in [-0.1, -0.05) is 97.1 Å². The summed E-state index contributed by atoms with van der Waals surface area (Å²) in [6.45, 7) is 0. The summed E-state index contributed by atoms with van der Waals surface area (Å²) in [7, 11) is 0. The van der Waals surface area contributed by atoms with Gasteiger partial charge in [-0.05, 0) is 52.7 Å². The summed E-state index contributed by atoms with van der Waals surface area (Å²) in [5, 5.41) is 7.70. The van der Waals surface area contributed by atoms with E-state index in [0.29, 0.717) is 16.8 Å². The number of rotatable bonds is 9. The van der Waals surface area contributed by atoms with E-state index in [-0.39, 0.29) is 23.1 Å². The molecular formula is C34H26N2O3S. The Morgan fingerprint density at radius 1 is 0.675 bits per heavy atom. The number of carbonyl (C=O) groups is 3. The third-order valence-electron chi connectivity index (χ3n) is 6.21. The molecule has 0 aliphatic heterocycles. The lowest BCUT2D eigenvalue weighted by Crippen LogP contribution is -2.30. The van der Waals surface area contributed by atoms with E-state index in [1.165, 1.54) is 11.8 Å². The van der Waals surface area contributed by atoms with E-state index in [2.05, 4.69) is 10.6 Å². The van der Waals surface area contributed by atoms with Crippen molar-refractivity contribution in [3.05, 3.63) is 150 Å². The van der Waals surface area contributed by atoms with Gasteiger partial charge in [0.05, 0.1) is 5.75 Å². The standard InChI is InChI=1S/C34H26N2O3S/c37-32(25-12-3-1-4-13-25)23-40-29-19-10-18-28(22-29)35-34(39)31(36-33(38)26-14-5-2-6-15-26)21-27-17-9-16-24-11-7-8-20-30(24)27/h1-22H,23H2,(H,35,39)(H,36,38)/b31-21-. The van der Waals surface area contributed by atoms with Gasteiger partial charge in [-0.3, -0.25) is 14.4 Å². The lowest BCUT2D eigenvalue weighted by atomic mass is 10.0. The molecule has 196 valence electrons. The van der Waals surface area contributed by atoms with Crippen LogP contribution in [0.4, 0.5) is 5.69 Å². The Bertz CT molecular complexity index is 1690. The largest absolute Gasteiger partial charge is 0.321 e. The molecular weight excluding hydrogens is 516 g/mol. The van der Waals surface area contributed by atoms with E-state index in [1.54, 1.807) is 48.5 Å². The van der Waals surface area contributed by atoms with Crippen molar-refractivity contribution in [1.29, 1.82) is 0 Å². The first-order valence-corrected chi connectivity index (χ1v) is 13.7. The van der Waals surface area contributed by atoms with Gasteiger partial charge in [0.2, 0.25) is 0 Å². The number of nitrogens with one attached hydrogen (secondary N) is 2. The second-order valence-electron chi connectivity index (χ2n) is 9.01. The number of fused-ring (bicyclic) bond motifs is 1. The van der Waals surface area contributed by atoms with Crippen LogP contribution < -0.4 is 10.6 Å². The van der Waals surface area contributed by atoms with Gasteiger partial charge in [0.15, 0.2) is 5.78 Å². The molecule has 0 fully saturated rings. The maximum absolute atomic E-state index is 13.5. The molecule has 6 heteroatoms. The van der Waals surface area contributed by atoms with E-state index in [1.807, 2.05) is 84.9 Å². The van der Waals surface area contributed by atoms with Gasteiger partial charge in [0, 0.05) is 21.7 Å². The smallest absolute Gasteiger partial charge is 0.272 e. The lowest BCUT2D eigenvalue weighted by Gasteiger charge is -2.13. The van der Waals surface area contributed by atoms with Crippen molar-refractivity contribution in [1.82, 2.24) is 5.32 Å². The van der Waals surface area contributed by atoms with Crippen LogP contribution in [0.25, 0.3) is 16.8 Å². The van der Waals surface area contributed by atoms with Crippen molar-refractivity contribution in [2.75, 3.05) is 11.1 Å². The van der Waals surface area contributed by atoms with Crippen molar-refractivity contribution in [3.63, 3.8) is 0 Å². The van der Waals surface area contributed by atoms with Gasteiger partial charge >= 0.3 is 0 Å². The molecule has 0 aromatic heterocycles. The van der Waals surface area contributed by atoms with Crippen molar-refractivity contribution >= 4 is 51.9 Å². The number of carbonyl (C=O) groups excluding carboxylic acids is 3. The van der Waals surface area contributed by atoms with Gasteiger partial charge in [0.25, 0.3) is 11.8 Å². The highest BCUT2D eigenvalue weighted by Crippen LogP contribution is 2.24. The molecule has 5 aromatic carbocycles. The minimum Gasteiger partial charge on any atom is -0.321 e. The Hall–Kier alpha value is -4.94. The van der Waals surface area contributed by atoms with E-state index in [9.17, 15) is 14.4 Å². The molecule has 0 saturated heterocycles. The summed E-state index contributed by atoms with van der Waals surface area (Å²) in [6.07, 6.45) is 1.69. The lowest BCUT2D eigenvalue weighted by molar-refractivity contribution is -0.113. The quantitative estimate of drug-likeness (QED) is 0.117. The van der Waals surface area contributed by atoms with Crippen LogP contribution in [0.2, 0.25) is 0 Å². The number of hydrogen-bond donors (Lipinski definition) is 2. The maximum Gasteiger partial charge on any atom is 0.272 e. The number of Topliss-reactive ketones (excluding diaryl/α,β-unsaturated/α-hetero) is 1. The fraction of sp³-hybridized carbons (Fsp3) is 0.0294. The van der Waals surface area contributed by atoms with Crippen LogP contribution in [0, 0.1) is 0 Å². The Balaban J connectivity index is 1.38. The summed E-state index contributed by atoms with van der Waals surface area (Å²) in [5.41, 5.74) is 2.58. The highest BCUT2D eigenvalue weighted by molar-refractivity contribution is 8.00. The van der Waals surface area contributed by atoms with Crippen molar-refractivity contribution < 1.29 is 14.4 Å². The molecule has 0 radical (unpaired) electrons. The van der Waals surface area contributed by atoms with Gasteiger partial charge in [-0.25, -0.2) is 0 Å². The predicted octanol–water partition coefficient (Wildman–Crippen LogP) is 7.22. The Morgan fingerprint density at radius 2 is 1.32 bits per heavy atom. The zero-order chi connectivity index (χ0) is 27.7. The molecule has 2 N–H and O–H groups in total. The van der Waals surface area contributed by atoms with Crippen molar-refractivity contribution in [3.8, 4) is 0 Å². The number of thioether (sulfide) groups is 1. The average molecular weight is 543 g/mol. The fourth-order valence-electron chi connectivity index (χ4n) is 4.19. The zero-order valence-electron chi connectivity index (χ0n) is 21.5. The van der Waals surface area contributed by atoms with E-state index in [4.69, 9.17) is 0 Å². The van der Waals surface area contributed by atoms with Gasteiger partial charge in [0.1, 0.15) is 5.70 Å². The minimum atomic E-state index is -0.459. The summed E-state index contributed by atoms with van der Waals surface area (Å²) in [5.74, 6) is -0.532. The summed E-state index contributed by atoms with van der Waals surface area (Å²) in [4.78, 5) is 39.9. The molecule has 2 amide bonds. The van der Waals surface area contributed by atoms with Crippen LogP contribution in [0.5, 0.6) is 0 Å². The van der Waals surface area contributed by atoms with Gasteiger partial charge < -0.3 is 10.6 Å². The number of amides is 2. The Kier molecular flexibility index (Phi) is 8.49. The van der Waals surface area contributed by atoms with Crippen LogP contribution in [0.3, 0.4) is 0 Å². The SMILES string of the molecule is O=C(Nc1cccc(SCC(=O)c2ccccc2)c1)/C(=C/c1cccc2ccccc12)NC(=O)c1ccccc1. The van der Waals surface area contributed by atoms with Gasteiger partial charge in [-0.2, -0.15) is 0 Å². The molecule has 0 unspecified atom stereocenters. The number of benzene rings is 5. The normalized spacial score (nSPS) is 11.2. The first-order valence-electron chi connectivity index (χ1n) is 12.8. The second kappa shape index (κ2) is 12.7. The number of hydrogen-bond acceptors (Lipinski definition) is 4. The van der Waals surface area contributed by atoms with Crippen molar-refractivity contribution in [2.24, 2.45) is 0 Å². The summed E-state index contributed by atoms with van der Waals surface area (Å²) < 4.78 is 0. The molecule has 0 aliphatic rings. The van der Waals surface area contributed by atoms with Crippen LogP contribution in [-0.4, -0.2) is 23.4 Å². The molecule has 0 heterocycles. The highest BCUT2D eigenvalue weighted by Gasteiger charge is 2.16. The van der Waals surface area contributed by atoms with E-state index >= 15 is 0 Å². The van der Waals surface area contributed by atoms with Gasteiger partial charge in [-0.15, -0.1) is 11.8 Å². The molecule has 0 spiro atoms. The predicted molar refractivity (Wildman–Crippen MR) is 162 cm³/mol. The first kappa shape index (κ1) is 26.7. The minimum absolute atomic E-state index is 0.0315. The molecule has 5 nitrogen and oxygen atoms in total. The zero-order valence-corrected chi connectivity index (χ0v) is 22.4. The highest BCUT2D eigenvalue weighted by atomic mass is 32.2. The maximum atomic E-state index is 13.5. The average Bonchev–Trinajstić information content (AvgIpc) is 3.00.